The molecule has 1 aromatic carbocycles. The van der Waals surface area contributed by atoms with Crippen LogP contribution in [0.15, 0.2) is 53.5 Å². The van der Waals surface area contributed by atoms with Crippen LogP contribution in [0.1, 0.15) is 82.2 Å². The van der Waals surface area contributed by atoms with Crippen LogP contribution in [-0.2, 0) is 36.8 Å². The van der Waals surface area contributed by atoms with Gasteiger partial charge in [-0.25, -0.2) is 20.2 Å². The molecule has 1 saturated carbocycles. The number of aromatic nitrogens is 4. The molecule has 6 heterocycles. The van der Waals surface area contributed by atoms with Gasteiger partial charge >= 0.3 is 12.0 Å². The normalized spacial score (nSPS) is 24.0. The first-order chi connectivity index (χ1) is 31.6. The van der Waals surface area contributed by atoms with Gasteiger partial charge in [0.1, 0.15) is 24.2 Å². The molecule has 1 unspecified atom stereocenters. The van der Waals surface area contributed by atoms with Gasteiger partial charge in [-0.15, -0.1) is 22.7 Å². The molecule has 350 valence electrons. The summed E-state index contributed by atoms with van der Waals surface area (Å²) < 4.78 is 14.9. The van der Waals surface area contributed by atoms with E-state index in [0.717, 1.165) is 62.8 Å². The number of urea groups is 1. The van der Waals surface area contributed by atoms with Gasteiger partial charge in [0, 0.05) is 104 Å². The van der Waals surface area contributed by atoms with Gasteiger partial charge in [0.2, 0.25) is 5.91 Å². The van der Waals surface area contributed by atoms with Crippen molar-refractivity contribution >= 4 is 62.5 Å². The third-order valence-corrected chi connectivity index (χ3v) is 15.7. The molecule has 2 aliphatic heterocycles. The van der Waals surface area contributed by atoms with Crippen LogP contribution in [0, 0.1) is 11.3 Å². The lowest BCUT2D eigenvalue weighted by molar-refractivity contribution is -0.156. The SMILES string of the molecule is CCn1c2c3c4cc(ccc41)-c1csc(n1)C[C@H](NC(=O)[C@H](C(C)C)N(C)C(=O)N(C)[C@@H]1C[C@H]1N(C)c1nccs1)C(=O)N1CCC[C@H](N1)C(=O)OCC(C)(C)C3[C@H](OC)c1ncccc1-2. The maximum absolute atomic E-state index is 14.7. The third kappa shape index (κ3) is 8.12. The molecule has 18 heteroatoms. The average Bonchev–Trinajstić information content (AvgIpc) is 3.58. The molecule has 4 aromatic heterocycles. The van der Waals surface area contributed by atoms with Crippen LogP contribution in [0.3, 0.4) is 0 Å². The predicted molar refractivity (Wildman–Crippen MR) is 255 cm³/mol. The van der Waals surface area contributed by atoms with Gasteiger partial charge in [0.05, 0.1) is 40.8 Å². The van der Waals surface area contributed by atoms with E-state index < -0.39 is 47.4 Å². The number of methoxy groups -OCH3 is 1. The number of ether oxygens (including phenoxy) is 2. The Balaban J connectivity index is 1.06. The number of likely N-dealkylation sites (N-methyl/N-ethyl adjacent to an activating group) is 3. The second-order valence-electron chi connectivity index (χ2n) is 19.1. The first-order valence-corrected chi connectivity index (χ1v) is 24.6. The zero-order chi connectivity index (χ0) is 46.8. The number of carbonyl (C=O) groups is 4. The second kappa shape index (κ2) is 18.0. The molecular formula is C48H60N10O6S2. The maximum atomic E-state index is 14.7. The van der Waals surface area contributed by atoms with Crippen LogP contribution >= 0.6 is 22.7 Å². The summed E-state index contributed by atoms with van der Waals surface area (Å²) in [6.45, 7) is 11.3. The molecule has 2 N–H and O–H groups in total. The van der Waals surface area contributed by atoms with E-state index in [9.17, 15) is 19.2 Å². The van der Waals surface area contributed by atoms with E-state index in [1.807, 2.05) is 37.7 Å². The first kappa shape index (κ1) is 45.7. The van der Waals surface area contributed by atoms with Gasteiger partial charge < -0.3 is 34.1 Å². The van der Waals surface area contributed by atoms with Crippen LogP contribution in [0.4, 0.5) is 9.93 Å². The number of carbonyl (C=O) groups excluding carboxylic acids is 4. The molecule has 5 aromatic rings. The number of anilines is 1. The summed E-state index contributed by atoms with van der Waals surface area (Å²) in [5, 5.41) is 11.0. The number of hydrogen-bond donors (Lipinski definition) is 2. The third-order valence-electron chi connectivity index (χ3n) is 14.0. The minimum Gasteiger partial charge on any atom is -0.464 e. The lowest BCUT2D eigenvalue weighted by Crippen LogP contribution is -2.62. The lowest BCUT2D eigenvalue weighted by Gasteiger charge is -2.42. The monoisotopic (exact) mass is 936 g/mol. The number of benzene rings is 1. The van der Waals surface area contributed by atoms with Crippen molar-refractivity contribution in [3.8, 4) is 22.5 Å². The minimum atomic E-state index is -1.06. The molecule has 0 spiro atoms. The summed E-state index contributed by atoms with van der Waals surface area (Å²) in [6.07, 6.45) is 5.03. The fourth-order valence-corrected chi connectivity index (χ4v) is 12.1. The number of pyridine rings is 1. The van der Waals surface area contributed by atoms with Crippen LogP contribution < -0.4 is 15.6 Å². The molecule has 16 nitrogen and oxygen atoms in total. The van der Waals surface area contributed by atoms with Crippen molar-refractivity contribution in [3.63, 3.8) is 0 Å². The summed E-state index contributed by atoms with van der Waals surface area (Å²) in [4.78, 5) is 77.2. The molecule has 9 rings (SSSR count). The van der Waals surface area contributed by atoms with Crippen molar-refractivity contribution in [2.24, 2.45) is 11.3 Å². The Morgan fingerprint density at radius 2 is 1.89 bits per heavy atom. The molecule has 2 fully saturated rings. The van der Waals surface area contributed by atoms with Crippen molar-refractivity contribution in [1.82, 2.24) is 45.1 Å². The van der Waals surface area contributed by atoms with E-state index in [-0.39, 0.29) is 43.0 Å². The highest BCUT2D eigenvalue weighted by molar-refractivity contribution is 7.13. The number of amides is 4. The molecule has 0 radical (unpaired) electrons. The Labute approximate surface area is 393 Å². The molecular weight excluding hydrogens is 877 g/mol. The van der Waals surface area contributed by atoms with Crippen LogP contribution in [0.2, 0.25) is 0 Å². The van der Waals surface area contributed by atoms with Crippen molar-refractivity contribution in [3.05, 3.63) is 69.8 Å². The smallest absolute Gasteiger partial charge is 0.324 e. The highest BCUT2D eigenvalue weighted by Gasteiger charge is 2.49. The maximum Gasteiger partial charge on any atom is 0.324 e. The number of thiazole rings is 2. The average molecular weight is 937 g/mol. The standard InChI is InChI=1S/C48H60N10O6S2/c1-10-57-33-16-15-27-21-29(33)37-38(42(63-9)39-28(41(37)57)13-11-17-49-39)48(4,5)25-64-45(61)30-14-12-19-58(53-30)44(60)31(22-36-51-32(27)24-66-36)52-43(59)40(26(2)3)56(8)47(62)55(7)35-23-34(35)54(6)46-50-18-20-65-46/h11,13,15-18,20-21,24,26,30-31,34-35,38,40,42,53H,10,12,14,19,22-23,25H2,1-9H3,(H,52,59)/t30-,31-,34+,35+,38?,40-,42-/m0/s1. The lowest BCUT2D eigenvalue weighted by atomic mass is 9.67. The highest BCUT2D eigenvalue weighted by atomic mass is 32.1. The number of fused-ring (bicyclic) bond motifs is 8. The van der Waals surface area contributed by atoms with Crippen LogP contribution in [0.25, 0.3) is 33.4 Å². The number of hydrogen-bond acceptors (Lipinski definition) is 13. The van der Waals surface area contributed by atoms with Gasteiger partial charge in [-0.3, -0.25) is 24.4 Å². The number of nitrogens with zero attached hydrogens (tertiary/aromatic N) is 8. The fraction of sp³-hybridized carbons (Fsp3) is 0.521. The van der Waals surface area contributed by atoms with Crippen LogP contribution in [-0.4, -0.2) is 130 Å². The largest absolute Gasteiger partial charge is 0.464 e. The van der Waals surface area contributed by atoms with E-state index in [4.69, 9.17) is 19.4 Å². The summed E-state index contributed by atoms with van der Waals surface area (Å²) in [7, 11) is 7.11. The van der Waals surface area contributed by atoms with Gasteiger partial charge in [0.25, 0.3) is 5.91 Å². The number of nitrogens with one attached hydrogen (secondary N) is 2. The van der Waals surface area contributed by atoms with E-state index in [1.54, 1.807) is 49.8 Å². The van der Waals surface area contributed by atoms with Crippen molar-refractivity contribution in [2.45, 2.75) is 109 Å². The minimum absolute atomic E-state index is 0.0431. The van der Waals surface area contributed by atoms with Crippen LogP contribution in [0.5, 0.6) is 0 Å². The molecule has 66 heavy (non-hydrogen) atoms. The quantitative estimate of drug-likeness (QED) is 0.155. The highest BCUT2D eigenvalue weighted by Crippen LogP contribution is 2.57. The molecule has 1 saturated heterocycles. The van der Waals surface area contributed by atoms with E-state index >= 15 is 0 Å². The molecule has 4 aliphatic rings. The molecule has 2 aliphatic carbocycles. The summed E-state index contributed by atoms with van der Waals surface area (Å²) in [5.74, 6) is -1.87. The van der Waals surface area contributed by atoms with Crippen molar-refractivity contribution < 1.29 is 28.7 Å². The predicted octanol–water partition coefficient (Wildman–Crippen LogP) is 6.48. The van der Waals surface area contributed by atoms with E-state index in [0.29, 0.717) is 24.4 Å². The Kier molecular flexibility index (Phi) is 12.5. The Hall–Kier alpha value is -5.43. The number of aryl methyl sites for hydroxylation is 1. The van der Waals surface area contributed by atoms with Crippen molar-refractivity contribution in [1.29, 1.82) is 0 Å². The topological polar surface area (TPSA) is 167 Å². The van der Waals surface area contributed by atoms with E-state index in [1.165, 1.54) is 21.2 Å². The van der Waals surface area contributed by atoms with Gasteiger partial charge in [-0.2, -0.15) is 0 Å². The van der Waals surface area contributed by atoms with Gasteiger partial charge in [-0.1, -0.05) is 33.8 Å². The summed E-state index contributed by atoms with van der Waals surface area (Å²) in [6, 6.07) is 7.51. The Morgan fingerprint density at radius 3 is 2.62 bits per heavy atom. The summed E-state index contributed by atoms with van der Waals surface area (Å²) in [5.41, 5.74) is 9.31. The first-order valence-electron chi connectivity index (χ1n) is 22.9. The number of esters is 1. The Morgan fingerprint density at radius 1 is 1.09 bits per heavy atom. The zero-order valence-electron chi connectivity index (χ0n) is 39.1. The number of hydrazine groups is 1. The number of rotatable bonds is 9. The Bertz CT molecular complexity index is 2650. The van der Waals surface area contributed by atoms with Gasteiger partial charge in [0.15, 0.2) is 5.13 Å². The second-order valence-corrected chi connectivity index (χ2v) is 20.9. The molecule has 6 bridgehead atoms. The fourth-order valence-electron chi connectivity index (χ4n) is 10.6. The van der Waals surface area contributed by atoms with E-state index in [2.05, 4.69) is 70.2 Å². The number of cyclic esters (lactones) is 1. The molecule has 7 atom stereocenters. The van der Waals surface area contributed by atoms with Gasteiger partial charge in [-0.05, 0) is 61.9 Å². The zero-order valence-corrected chi connectivity index (χ0v) is 40.7. The summed E-state index contributed by atoms with van der Waals surface area (Å²) >= 11 is 2.97. The van der Waals surface area contributed by atoms with Crippen molar-refractivity contribution in [2.75, 3.05) is 46.3 Å². The molecule has 4 amide bonds.